The first-order valence-electron chi connectivity index (χ1n) is 9.71. The molecular formula is C24H27FN2O2. The predicted molar refractivity (Wildman–Crippen MR) is 113 cm³/mol. The van der Waals surface area contributed by atoms with Crippen molar-refractivity contribution in [2.75, 3.05) is 0 Å². The molecule has 0 spiro atoms. The average Bonchev–Trinajstić information content (AvgIpc) is 3.00. The first kappa shape index (κ1) is 20.9. The van der Waals surface area contributed by atoms with Crippen LogP contribution >= 0.6 is 0 Å². The SMILES string of the molecule is CC1=C(/N=C(\C)c2ccc(F)cc2C)CC(C(=O)NO)(c2cccc(C)c2C)C1. The molecule has 1 aliphatic carbocycles. The van der Waals surface area contributed by atoms with Crippen molar-refractivity contribution in [1.82, 2.24) is 5.48 Å². The zero-order chi connectivity index (χ0) is 21.3. The zero-order valence-corrected chi connectivity index (χ0v) is 17.6. The Hall–Kier alpha value is -2.79. The number of amides is 1. The third-order valence-corrected chi connectivity index (χ3v) is 6.07. The van der Waals surface area contributed by atoms with Crippen molar-refractivity contribution in [3.63, 3.8) is 0 Å². The van der Waals surface area contributed by atoms with E-state index in [0.717, 1.165) is 44.8 Å². The quantitative estimate of drug-likeness (QED) is 0.432. The summed E-state index contributed by atoms with van der Waals surface area (Å²) in [4.78, 5) is 17.7. The number of nitrogens with one attached hydrogen (secondary N) is 1. The van der Waals surface area contributed by atoms with Gasteiger partial charge in [-0.15, -0.1) is 0 Å². The first-order valence-corrected chi connectivity index (χ1v) is 9.71. The van der Waals surface area contributed by atoms with Crippen LogP contribution in [0.4, 0.5) is 4.39 Å². The van der Waals surface area contributed by atoms with Gasteiger partial charge in [-0.2, -0.15) is 0 Å². The summed E-state index contributed by atoms with van der Waals surface area (Å²) in [5, 5.41) is 9.49. The molecule has 1 aliphatic rings. The molecule has 5 heteroatoms. The van der Waals surface area contributed by atoms with E-state index >= 15 is 0 Å². The first-order chi connectivity index (χ1) is 13.7. The number of nitrogens with zero attached hydrogens (tertiary/aromatic N) is 1. The maximum atomic E-state index is 13.4. The van der Waals surface area contributed by atoms with Crippen LogP contribution in [-0.2, 0) is 10.2 Å². The standard InChI is InChI=1S/C24H27FN2O2/c1-14-7-6-8-21(17(14)4)24(23(28)27-29)12-16(3)22(13-24)26-18(5)20-10-9-19(25)11-15(20)2/h6-11,29H,12-13H2,1-5H3,(H,27,28)/b26-18+. The molecule has 0 aliphatic heterocycles. The van der Waals surface area contributed by atoms with E-state index < -0.39 is 11.3 Å². The van der Waals surface area contributed by atoms with E-state index in [1.807, 2.05) is 58.3 Å². The normalized spacial score (nSPS) is 19.6. The van der Waals surface area contributed by atoms with Gasteiger partial charge in [-0.25, -0.2) is 9.87 Å². The van der Waals surface area contributed by atoms with Gasteiger partial charge in [0.1, 0.15) is 5.82 Å². The number of allylic oxidation sites excluding steroid dienone is 2. The number of rotatable bonds is 4. The van der Waals surface area contributed by atoms with Crippen LogP contribution in [0.2, 0.25) is 0 Å². The summed E-state index contributed by atoms with van der Waals surface area (Å²) in [6.07, 6.45) is 0.880. The fourth-order valence-electron chi connectivity index (χ4n) is 4.33. The minimum atomic E-state index is -0.897. The maximum absolute atomic E-state index is 13.4. The Morgan fingerprint density at radius 1 is 1.10 bits per heavy atom. The van der Waals surface area contributed by atoms with Gasteiger partial charge in [0.15, 0.2) is 0 Å². The van der Waals surface area contributed by atoms with Crippen molar-refractivity contribution < 1.29 is 14.4 Å². The van der Waals surface area contributed by atoms with Gasteiger partial charge >= 0.3 is 0 Å². The van der Waals surface area contributed by atoms with Gasteiger partial charge in [-0.05, 0) is 87.1 Å². The second-order valence-corrected chi connectivity index (χ2v) is 8.01. The minimum Gasteiger partial charge on any atom is -0.289 e. The number of hydrogen-bond acceptors (Lipinski definition) is 3. The highest BCUT2D eigenvalue weighted by Gasteiger charge is 2.46. The van der Waals surface area contributed by atoms with Crippen molar-refractivity contribution in [3.8, 4) is 0 Å². The molecule has 4 nitrogen and oxygen atoms in total. The van der Waals surface area contributed by atoms with Gasteiger partial charge in [0, 0.05) is 17.8 Å². The number of carbonyl (C=O) groups is 1. The van der Waals surface area contributed by atoms with Gasteiger partial charge < -0.3 is 0 Å². The molecule has 1 unspecified atom stereocenters. The smallest absolute Gasteiger partial charge is 0.254 e. The van der Waals surface area contributed by atoms with Crippen LogP contribution in [0, 0.1) is 26.6 Å². The highest BCUT2D eigenvalue weighted by molar-refractivity contribution is 6.00. The summed E-state index contributed by atoms with van der Waals surface area (Å²) >= 11 is 0. The molecule has 0 saturated carbocycles. The molecule has 0 saturated heterocycles. The Labute approximate surface area is 171 Å². The molecule has 0 bridgehead atoms. The van der Waals surface area contributed by atoms with Gasteiger partial charge in [-0.1, -0.05) is 23.8 Å². The Balaban J connectivity index is 2.04. The molecule has 2 aromatic carbocycles. The van der Waals surface area contributed by atoms with E-state index in [4.69, 9.17) is 4.99 Å². The molecule has 2 aromatic rings. The summed E-state index contributed by atoms with van der Waals surface area (Å²) in [6, 6.07) is 10.6. The van der Waals surface area contributed by atoms with E-state index in [9.17, 15) is 14.4 Å². The second-order valence-electron chi connectivity index (χ2n) is 8.01. The fraction of sp³-hybridized carbons (Fsp3) is 0.333. The van der Waals surface area contributed by atoms with Crippen LogP contribution < -0.4 is 5.48 Å². The van der Waals surface area contributed by atoms with E-state index in [0.29, 0.717) is 12.8 Å². The van der Waals surface area contributed by atoms with Crippen molar-refractivity contribution >= 4 is 11.6 Å². The Morgan fingerprint density at radius 3 is 2.48 bits per heavy atom. The third kappa shape index (κ3) is 3.75. The number of aryl methyl sites for hydroxylation is 2. The minimum absolute atomic E-state index is 0.274. The van der Waals surface area contributed by atoms with E-state index in [-0.39, 0.29) is 5.82 Å². The summed E-state index contributed by atoms with van der Waals surface area (Å²) < 4.78 is 13.4. The fourth-order valence-corrected chi connectivity index (χ4v) is 4.33. The number of aliphatic imine (C=N–C) groups is 1. The summed E-state index contributed by atoms with van der Waals surface area (Å²) in [7, 11) is 0. The summed E-state index contributed by atoms with van der Waals surface area (Å²) in [5.74, 6) is -0.699. The highest BCUT2D eigenvalue weighted by Crippen LogP contribution is 2.46. The van der Waals surface area contributed by atoms with Crippen molar-refractivity contribution in [3.05, 3.63) is 81.3 Å². The van der Waals surface area contributed by atoms with Crippen LogP contribution in [0.25, 0.3) is 0 Å². The lowest BCUT2D eigenvalue weighted by atomic mass is 9.74. The molecular weight excluding hydrogens is 367 g/mol. The average molecular weight is 394 g/mol. The summed E-state index contributed by atoms with van der Waals surface area (Å²) in [6.45, 7) is 9.73. The lowest BCUT2D eigenvalue weighted by Gasteiger charge is -2.30. The number of carbonyl (C=O) groups excluding carboxylic acids is 1. The molecule has 0 heterocycles. The molecule has 2 N–H and O–H groups in total. The van der Waals surface area contributed by atoms with E-state index in [1.54, 1.807) is 6.07 Å². The van der Waals surface area contributed by atoms with Crippen LogP contribution in [0.1, 0.15) is 54.5 Å². The molecule has 152 valence electrons. The van der Waals surface area contributed by atoms with Gasteiger partial charge in [0.25, 0.3) is 5.91 Å². The van der Waals surface area contributed by atoms with Crippen LogP contribution in [0.15, 0.2) is 52.7 Å². The van der Waals surface area contributed by atoms with E-state index in [1.165, 1.54) is 12.1 Å². The topological polar surface area (TPSA) is 61.7 Å². The lowest BCUT2D eigenvalue weighted by Crippen LogP contribution is -2.42. The Kier molecular flexibility index (Phi) is 5.71. The third-order valence-electron chi connectivity index (χ3n) is 6.07. The largest absolute Gasteiger partial charge is 0.289 e. The number of hydroxylamine groups is 1. The predicted octanol–water partition coefficient (Wildman–Crippen LogP) is 5.07. The van der Waals surface area contributed by atoms with Crippen molar-refractivity contribution in [1.29, 1.82) is 0 Å². The maximum Gasteiger partial charge on any atom is 0.254 e. The van der Waals surface area contributed by atoms with Gasteiger partial charge in [-0.3, -0.25) is 15.0 Å². The number of halogens is 1. The molecule has 29 heavy (non-hydrogen) atoms. The van der Waals surface area contributed by atoms with Gasteiger partial charge in [0.05, 0.1) is 5.41 Å². The molecule has 1 amide bonds. The molecule has 0 radical (unpaired) electrons. The molecule has 3 rings (SSSR count). The number of hydrogen-bond donors (Lipinski definition) is 2. The molecule has 0 aromatic heterocycles. The Bertz CT molecular complexity index is 1040. The van der Waals surface area contributed by atoms with Crippen molar-refractivity contribution in [2.24, 2.45) is 4.99 Å². The Morgan fingerprint density at radius 2 is 1.83 bits per heavy atom. The van der Waals surface area contributed by atoms with E-state index in [2.05, 4.69) is 0 Å². The summed E-state index contributed by atoms with van der Waals surface area (Å²) in [5.41, 5.74) is 8.33. The monoisotopic (exact) mass is 394 g/mol. The zero-order valence-electron chi connectivity index (χ0n) is 17.6. The molecule has 1 atom stereocenters. The highest BCUT2D eigenvalue weighted by atomic mass is 19.1. The van der Waals surface area contributed by atoms with Crippen LogP contribution in [0.3, 0.4) is 0 Å². The number of benzene rings is 2. The van der Waals surface area contributed by atoms with Crippen molar-refractivity contribution in [2.45, 2.75) is 52.9 Å². The molecule has 0 fully saturated rings. The van der Waals surface area contributed by atoms with Crippen LogP contribution in [-0.4, -0.2) is 16.8 Å². The van der Waals surface area contributed by atoms with Crippen LogP contribution in [0.5, 0.6) is 0 Å². The van der Waals surface area contributed by atoms with Gasteiger partial charge in [0.2, 0.25) is 0 Å². The second kappa shape index (κ2) is 7.91. The lowest BCUT2D eigenvalue weighted by molar-refractivity contribution is -0.135.